The fourth-order valence-corrected chi connectivity index (χ4v) is 2.69. The molecule has 0 saturated heterocycles. The van der Waals surface area contributed by atoms with Crippen molar-refractivity contribution in [3.05, 3.63) is 65.7 Å². The largest absolute Gasteiger partial charge is 0.338 e. The number of aryl methyl sites for hydroxylation is 1. The molecule has 0 radical (unpaired) electrons. The zero-order valence-corrected chi connectivity index (χ0v) is 13.9. The molecule has 1 N–H and O–H groups in total. The molecular weight excluding hydrogens is 343 g/mol. The molecule has 4 rings (SSSR count). The Morgan fingerprint density at radius 3 is 2.76 bits per heavy atom. The minimum absolute atomic E-state index is 0.330. The van der Waals surface area contributed by atoms with Gasteiger partial charge in [0.05, 0.1) is 35.3 Å². The molecule has 124 valence electrons. The summed E-state index contributed by atoms with van der Waals surface area (Å²) in [6.45, 7) is 1.84. The monoisotopic (exact) mass is 354 g/mol. The third kappa shape index (κ3) is 3.01. The average Bonchev–Trinajstić information content (AvgIpc) is 2.92. The second-order valence-electron chi connectivity index (χ2n) is 5.38. The second kappa shape index (κ2) is 6.10. The van der Waals surface area contributed by atoms with Crippen LogP contribution in [0.3, 0.4) is 0 Å². The van der Waals surface area contributed by atoms with Crippen LogP contribution in [0.25, 0.3) is 16.9 Å². The highest BCUT2D eigenvalue weighted by molar-refractivity contribution is 6.29. The molecule has 0 atom stereocenters. The van der Waals surface area contributed by atoms with Gasteiger partial charge in [0.15, 0.2) is 11.6 Å². The Balaban J connectivity index is 1.76. The first-order valence-corrected chi connectivity index (χ1v) is 7.83. The second-order valence-corrected chi connectivity index (χ2v) is 5.77. The van der Waals surface area contributed by atoms with Crippen LogP contribution in [0.5, 0.6) is 0 Å². The first-order chi connectivity index (χ1) is 12.1. The van der Waals surface area contributed by atoms with Crippen molar-refractivity contribution in [3.63, 3.8) is 0 Å². The van der Waals surface area contributed by atoms with Gasteiger partial charge >= 0.3 is 0 Å². The van der Waals surface area contributed by atoms with Gasteiger partial charge in [-0.3, -0.25) is 9.55 Å². The van der Waals surface area contributed by atoms with Crippen LogP contribution in [-0.2, 0) is 0 Å². The van der Waals surface area contributed by atoms with Gasteiger partial charge < -0.3 is 5.32 Å². The third-order valence-corrected chi connectivity index (χ3v) is 3.86. The van der Waals surface area contributed by atoms with E-state index in [-0.39, 0.29) is 5.82 Å². The molecule has 3 aromatic heterocycles. The van der Waals surface area contributed by atoms with Gasteiger partial charge in [-0.2, -0.15) is 0 Å². The third-order valence-electron chi connectivity index (χ3n) is 3.63. The number of hydrogen-bond donors (Lipinski definition) is 1. The summed E-state index contributed by atoms with van der Waals surface area (Å²) in [5, 5.41) is 3.52. The highest BCUT2D eigenvalue weighted by atomic mass is 35.5. The number of benzene rings is 1. The number of fused-ring (bicyclic) bond motifs is 1. The minimum Gasteiger partial charge on any atom is -0.338 e. The van der Waals surface area contributed by atoms with Crippen molar-refractivity contribution in [2.24, 2.45) is 0 Å². The normalized spacial score (nSPS) is 11.0. The average molecular weight is 355 g/mol. The highest BCUT2D eigenvalue weighted by Crippen LogP contribution is 2.22. The predicted octanol–water partition coefficient (Wildman–Crippen LogP) is 4.06. The number of hydrogen-bond acceptors (Lipinski definition) is 5. The van der Waals surface area contributed by atoms with Crippen LogP contribution < -0.4 is 5.32 Å². The van der Waals surface area contributed by atoms with E-state index in [1.54, 1.807) is 41.4 Å². The molecule has 0 saturated carbocycles. The van der Waals surface area contributed by atoms with Crippen LogP contribution in [-0.4, -0.2) is 24.5 Å². The topological polar surface area (TPSA) is 68.5 Å². The summed E-state index contributed by atoms with van der Waals surface area (Å²) < 4.78 is 15.4. The van der Waals surface area contributed by atoms with Crippen LogP contribution in [0.1, 0.15) is 5.82 Å². The number of pyridine rings is 1. The van der Waals surface area contributed by atoms with E-state index >= 15 is 0 Å². The summed E-state index contributed by atoms with van der Waals surface area (Å²) in [5.41, 5.74) is 2.06. The quantitative estimate of drug-likeness (QED) is 0.562. The number of imidazole rings is 1. The number of halogens is 2. The molecule has 1 aromatic carbocycles. The van der Waals surface area contributed by atoms with E-state index in [2.05, 4.69) is 25.3 Å². The summed E-state index contributed by atoms with van der Waals surface area (Å²) in [6.07, 6.45) is 4.79. The van der Waals surface area contributed by atoms with Gasteiger partial charge in [0.25, 0.3) is 0 Å². The van der Waals surface area contributed by atoms with Crippen LogP contribution in [0.4, 0.5) is 15.9 Å². The molecular formula is C17H12ClFN6. The predicted molar refractivity (Wildman–Crippen MR) is 93.9 cm³/mol. The maximum Gasteiger partial charge on any atom is 0.159 e. The molecule has 8 heteroatoms. The number of nitrogens with zero attached hydrogens (tertiary/aromatic N) is 5. The van der Waals surface area contributed by atoms with Crippen LogP contribution >= 0.6 is 11.6 Å². The molecule has 0 bridgehead atoms. The van der Waals surface area contributed by atoms with Crippen molar-refractivity contribution in [2.75, 3.05) is 5.32 Å². The Kier molecular flexibility index (Phi) is 3.77. The molecule has 4 aromatic rings. The molecule has 6 nitrogen and oxygen atoms in total. The SMILES string of the molecule is Cc1nc2ccc(F)cc2n1-c1cncc(Nc2ccc(Cl)nc2)n1. The molecule has 0 unspecified atom stereocenters. The van der Waals surface area contributed by atoms with Crippen molar-refractivity contribution < 1.29 is 4.39 Å². The van der Waals surface area contributed by atoms with Gasteiger partial charge in [0.2, 0.25) is 0 Å². The summed E-state index contributed by atoms with van der Waals surface area (Å²) >= 11 is 5.79. The molecule has 0 aliphatic rings. The first-order valence-electron chi connectivity index (χ1n) is 7.46. The molecule has 0 fully saturated rings. The highest BCUT2D eigenvalue weighted by Gasteiger charge is 2.12. The van der Waals surface area contributed by atoms with E-state index in [0.717, 1.165) is 5.69 Å². The zero-order chi connectivity index (χ0) is 17.4. The van der Waals surface area contributed by atoms with Crippen LogP contribution in [0.2, 0.25) is 5.15 Å². The van der Waals surface area contributed by atoms with Gasteiger partial charge in [0.1, 0.15) is 16.8 Å². The Morgan fingerprint density at radius 2 is 1.96 bits per heavy atom. The van der Waals surface area contributed by atoms with Gasteiger partial charge in [-0.15, -0.1) is 0 Å². The minimum atomic E-state index is -0.330. The van der Waals surface area contributed by atoms with Crippen molar-refractivity contribution >= 4 is 34.1 Å². The van der Waals surface area contributed by atoms with E-state index in [0.29, 0.717) is 33.6 Å². The maximum atomic E-state index is 13.6. The summed E-state index contributed by atoms with van der Waals surface area (Å²) in [4.78, 5) is 17.2. The van der Waals surface area contributed by atoms with E-state index in [4.69, 9.17) is 11.6 Å². The van der Waals surface area contributed by atoms with Gasteiger partial charge in [-0.25, -0.2) is 19.3 Å². The Bertz CT molecular complexity index is 1060. The van der Waals surface area contributed by atoms with Gasteiger partial charge in [-0.05, 0) is 31.2 Å². The van der Waals surface area contributed by atoms with Crippen molar-refractivity contribution in [3.8, 4) is 5.82 Å². The van der Waals surface area contributed by atoms with Crippen molar-refractivity contribution in [2.45, 2.75) is 6.92 Å². The molecule has 0 aliphatic carbocycles. The van der Waals surface area contributed by atoms with E-state index in [1.807, 2.05) is 6.92 Å². The molecule has 0 amide bonds. The first kappa shape index (κ1) is 15.5. The van der Waals surface area contributed by atoms with Gasteiger partial charge in [0, 0.05) is 6.07 Å². The van der Waals surface area contributed by atoms with E-state index in [1.165, 1.54) is 12.1 Å². The summed E-state index contributed by atoms with van der Waals surface area (Å²) in [7, 11) is 0. The Hall–Kier alpha value is -3.06. The Morgan fingerprint density at radius 1 is 1.08 bits per heavy atom. The smallest absolute Gasteiger partial charge is 0.159 e. The lowest BCUT2D eigenvalue weighted by Crippen LogP contribution is -2.03. The number of rotatable bonds is 3. The van der Waals surface area contributed by atoms with E-state index in [9.17, 15) is 4.39 Å². The standard InChI is InChI=1S/C17H12ClFN6/c1-10-22-13-4-2-11(19)6-14(13)25(10)17-9-20-8-16(24-17)23-12-3-5-15(18)21-7-12/h2-9H,1H3,(H,23,24). The molecule has 0 spiro atoms. The fourth-order valence-electron chi connectivity index (χ4n) is 2.58. The molecule has 25 heavy (non-hydrogen) atoms. The van der Waals surface area contributed by atoms with Crippen molar-refractivity contribution in [1.82, 2.24) is 24.5 Å². The molecule has 3 heterocycles. The fraction of sp³-hybridized carbons (Fsp3) is 0.0588. The number of aromatic nitrogens is 5. The maximum absolute atomic E-state index is 13.6. The van der Waals surface area contributed by atoms with Crippen molar-refractivity contribution in [1.29, 1.82) is 0 Å². The summed E-state index contributed by atoms with van der Waals surface area (Å²) in [6, 6.07) is 7.92. The molecule has 0 aliphatic heterocycles. The summed E-state index contributed by atoms with van der Waals surface area (Å²) in [5.74, 6) is 1.43. The zero-order valence-electron chi connectivity index (χ0n) is 13.1. The lowest BCUT2D eigenvalue weighted by Gasteiger charge is -2.09. The van der Waals surface area contributed by atoms with Gasteiger partial charge in [-0.1, -0.05) is 11.6 Å². The van der Waals surface area contributed by atoms with Crippen LogP contribution in [0, 0.1) is 12.7 Å². The lowest BCUT2D eigenvalue weighted by atomic mass is 10.3. The number of nitrogens with one attached hydrogen (secondary N) is 1. The Labute approximate surface area is 147 Å². The number of anilines is 2. The van der Waals surface area contributed by atoms with E-state index < -0.39 is 0 Å². The van der Waals surface area contributed by atoms with Crippen LogP contribution in [0.15, 0.2) is 48.9 Å². The lowest BCUT2D eigenvalue weighted by molar-refractivity contribution is 0.629.